The molecule has 1 aliphatic carbocycles. The molecule has 3 aromatic rings. The summed E-state index contributed by atoms with van der Waals surface area (Å²) >= 11 is 0. The Hall–Kier alpha value is -4.08. The zero-order valence-electron chi connectivity index (χ0n) is 20.8. The highest BCUT2D eigenvalue weighted by Crippen LogP contribution is 2.42. The van der Waals surface area contributed by atoms with Gasteiger partial charge in [0, 0.05) is 25.7 Å². The fraction of sp³-hybridized carbons (Fsp3) is 0.357. The van der Waals surface area contributed by atoms with E-state index in [0.717, 1.165) is 32.9 Å². The van der Waals surface area contributed by atoms with E-state index in [-0.39, 0.29) is 24.7 Å². The smallest absolute Gasteiger partial charge is 0.331 e. The maximum atomic E-state index is 14.9. The molecule has 1 aliphatic heterocycles. The minimum Gasteiger partial charge on any atom is -0.343 e. The number of amides is 2. The van der Waals surface area contributed by atoms with Crippen LogP contribution in [0.25, 0.3) is 0 Å². The number of carbonyl (C=O) groups excluding carboxylic acids is 2. The van der Waals surface area contributed by atoms with Crippen molar-refractivity contribution in [2.75, 3.05) is 6.54 Å². The number of halogens is 2. The van der Waals surface area contributed by atoms with Crippen LogP contribution in [0.4, 0.5) is 8.78 Å². The van der Waals surface area contributed by atoms with E-state index in [1.165, 1.54) is 19.3 Å². The van der Waals surface area contributed by atoms with Crippen LogP contribution in [0.5, 0.6) is 0 Å². The number of likely N-dealkylation sites (tertiary alicyclic amines) is 1. The predicted octanol–water partition coefficient (Wildman–Crippen LogP) is 2.41. The number of aromatic nitrogens is 2. The standard InChI is InChI=1S/C28H28F2N4O4/c1-32-24(35)11-12-33(28(32)38)16-25(36)34-15-20(29)14-23(34)27(37)31-26(18-5-3-2-4-6-18)19-9-10-21(17-7-8-17)22(30)13-19/h2-6,9-13,17,20,23,26H,7-8,14-16H2,1H3,(H,31,37). The van der Waals surface area contributed by atoms with Crippen molar-refractivity contribution in [3.63, 3.8) is 0 Å². The van der Waals surface area contributed by atoms with Gasteiger partial charge in [0.25, 0.3) is 5.56 Å². The third-order valence-corrected chi connectivity index (χ3v) is 7.23. The van der Waals surface area contributed by atoms with Gasteiger partial charge in [-0.1, -0.05) is 42.5 Å². The number of nitrogens with one attached hydrogen (secondary N) is 1. The maximum absolute atomic E-state index is 14.9. The summed E-state index contributed by atoms with van der Waals surface area (Å²) in [7, 11) is 1.29. The normalized spacial score (nSPS) is 19.8. The molecule has 1 N–H and O–H groups in total. The number of hydrogen-bond donors (Lipinski definition) is 1. The van der Waals surface area contributed by atoms with E-state index in [1.807, 2.05) is 6.07 Å². The lowest BCUT2D eigenvalue weighted by Crippen LogP contribution is -2.49. The Bertz CT molecular complexity index is 1480. The van der Waals surface area contributed by atoms with Gasteiger partial charge in [0.1, 0.15) is 24.6 Å². The lowest BCUT2D eigenvalue weighted by atomic mass is 9.96. The second-order valence-corrected chi connectivity index (χ2v) is 9.93. The molecule has 1 saturated heterocycles. The second kappa shape index (κ2) is 10.4. The molecule has 3 unspecified atom stereocenters. The van der Waals surface area contributed by atoms with Gasteiger partial charge >= 0.3 is 5.69 Å². The van der Waals surface area contributed by atoms with Crippen LogP contribution in [-0.2, 0) is 23.2 Å². The number of carbonyl (C=O) groups is 2. The summed E-state index contributed by atoms with van der Waals surface area (Å²) in [4.78, 5) is 51.7. The number of hydrogen-bond acceptors (Lipinski definition) is 4. The molecule has 2 aromatic carbocycles. The Kier molecular flexibility index (Phi) is 6.96. The van der Waals surface area contributed by atoms with E-state index in [2.05, 4.69) is 5.32 Å². The molecule has 5 rings (SSSR count). The summed E-state index contributed by atoms with van der Waals surface area (Å²) in [5.74, 6) is -1.30. The van der Waals surface area contributed by atoms with Crippen molar-refractivity contribution in [3.05, 3.63) is 104 Å². The van der Waals surface area contributed by atoms with E-state index in [0.29, 0.717) is 16.7 Å². The van der Waals surface area contributed by atoms with Crippen molar-refractivity contribution in [2.45, 2.75) is 50.0 Å². The lowest BCUT2D eigenvalue weighted by molar-refractivity contribution is -0.139. The molecule has 10 heteroatoms. The molecular formula is C28H28F2N4O4. The monoisotopic (exact) mass is 522 g/mol. The van der Waals surface area contributed by atoms with E-state index in [1.54, 1.807) is 36.4 Å². The first-order valence-corrected chi connectivity index (χ1v) is 12.6. The molecule has 8 nitrogen and oxygen atoms in total. The Morgan fingerprint density at radius 2 is 1.79 bits per heavy atom. The second-order valence-electron chi connectivity index (χ2n) is 9.93. The number of benzene rings is 2. The summed E-state index contributed by atoms with van der Waals surface area (Å²) in [5, 5.41) is 2.90. The van der Waals surface area contributed by atoms with Crippen molar-refractivity contribution in [2.24, 2.45) is 7.05 Å². The molecule has 1 saturated carbocycles. The highest BCUT2D eigenvalue weighted by Gasteiger charge is 2.40. The first kappa shape index (κ1) is 25.6. The molecule has 2 fully saturated rings. The molecular weight excluding hydrogens is 494 g/mol. The van der Waals surface area contributed by atoms with Gasteiger partial charge in [-0.15, -0.1) is 0 Å². The fourth-order valence-electron chi connectivity index (χ4n) is 4.97. The molecule has 38 heavy (non-hydrogen) atoms. The van der Waals surface area contributed by atoms with Crippen LogP contribution in [-0.4, -0.2) is 44.6 Å². The van der Waals surface area contributed by atoms with Crippen LogP contribution in [0.3, 0.4) is 0 Å². The molecule has 0 bridgehead atoms. The summed E-state index contributed by atoms with van der Waals surface area (Å²) in [6.45, 7) is -0.739. The van der Waals surface area contributed by atoms with Gasteiger partial charge in [-0.25, -0.2) is 13.6 Å². The molecule has 2 heterocycles. The first-order valence-electron chi connectivity index (χ1n) is 12.6. The van der Waals surface area contributed by atoms with E-state index < -0.39 is 47.9 Å². The number of nitrogens with zero attached hydrogens (tertiary/aromatic N) is 3. The highest BCUT2D eigenvalue weighted by atomic mass is 19.1. The molecule has 3 atom stereocenters. The largest absolute Gasteiger partial charge is 0.343 e. The summed E-state index contributed by atoms with van der Waals surface area (Å²) < 4.78 is 31.3. The van der Waals surface area contributed by atoms with Crippen LogP contribution in [0.15, 0.2) is 70.4 Å². The Morgan fingerprint density at radius 3 is 2.47 bits per heavy atom. The zero-order chi connectivity index (χ0) is 27.0. The third-order valence-electron chi connectivity index (χ3n) is 7.23. The predicted molar refractivity (Wildman–Crippen MR) is 136 cm³/mol. The van der Waals surface area contributed by atoms with Gasteiger partial charge in [-0.3, -0.25) is 23.5 Å². The third kappa shape index (κ3) is 5.16. The van der Waals surface area contributed by atoms with E-state index in [9.17, 15) is 28.0 Å². The van der Waals surface area contributed by atoms with Crippen LogP contribution in [0.1, 0.15) is 47.9 Å². The fourth-order valence-corrected chi connectivity index (χ4v) is 4.97. The van der Waals surface area contributed by atoms with Gasteiger partial charge in [0.15, 0.2) is 0 Å². The average molecular weight is 523 g/mol. The SMILES string of the molecule is Cn1c(=O)ccn(CC(=O)N2CC(F)CC2C(=O)NC(c2ccccc2)c2ccc(C3CC3)c(F)c2)c1=O. The van der Waals surface area contributed by atoms with Crippen LogP contribution in [0, 0.1) is 5.82 Å². The quantitative estimate of drug-likeness (QED) is 0.516. The van der Waals surface area contributed by atoms with E-state index in [4.69, 9.17) is 0 Å². The number of rotatable bonds is 7. The molecule has 198 valence electrons. The Morgan fingerprint density at radius 1 is 1.05 bits per heavy atom. The summed E-state index contributed by atoms with van der Waals surface area (Å²) in [6.07, 6.45) is 1.49. The van der Waals surface area contributed by atoms with E-state index >= 15 is 0 Å². The first-order chi connectivity index (χ1) is 18.2. The topological polar surface area (TPSA) is 93.4 Å². The minimum absolute atomic E-state index is 0.198. The molecule has 1 aromatic heterocycles. The molecule has 0 radical (unpaired) electrons. The molecule has 0 spiro atoms. The van der Waals surface area contributed by atoms with Crippen molar-refractivity contribution in [1.82, 2.24) is 19.4 Å². The van der Waals surface area contributed by atoms with Crippen LogP contribution >= 0.6 is 0 Å². The minimum atomic E-state index is -1.42. The van der Waals surface area contributed by atoms with Crippen molar-refractivity contribution in [3.8, 4) is 0 Å². The highest BCUT2D eigenvalue weighted by molar-refractivity contribution is 5.89. The maximum Gasteiger partial charge on any atom is 0.331 e. The van der Waals surface area contributed by atoms with Crippen LogP contribution in [0.2, 0.25) is 0 Å². The van der Waals surface area contributed by atoms with Gasteiger partial charge in [0.2, 0.25) is 11.8 Å². The Labute approximate surface area is 217 Å². The summed E-state index contributed by atoms with van der Waals surface area (Å²) in [5.41, 5.74) is 0.700. The van der Waals surface area contributed by atoms with Crippen LogP contribution < -0.4 is 16.6 Å². The van der Waals surface area contributed by atoms with Crippen molar-refractivity contribution >= 4 is 11.8 Å². The van der Waals surface area contributed by atoms with Gasteiger partial charge in [-0.2, -0.15) is 0 Å². The molecule has 2 aliphatic rings. The van der Waals surface area contributed by atoms with Gasteiger partial charge < -0.3 is 10.2 Å². The zero-order valence-corrected chi connectivity index (χ0v) is 20.8. The summed E-state index contributed by atoms with van der Waals surface area (Å²) in [6, 6.07) is 13.3. The van der Waals surface area contributed by atoms with Crippen molar-refractivity contribution in [1.29, 1.82) is 0 Å². The van der Waals surface area contributed by atoms with Crippen molar-refractivity contribution < 1.29 is 18.4 Å². The average Bonchev–Trinajstić information content (AvgIpc) is 3.67. The van der Waals surface area contributed by atoms with Gasteiger partial charge in [-0.05, 0) is 41.5 Å². The Balaban J connectivity index is 1.39. The molecule has 2 amide bonds. The lowest BCUT2D eigenvalue weighted by Gasteiger charge is -2.27. The van der Waals surface area contributed by atoms with Gasteiger partial charge in [0.05, 0.1) is 12.6 Å². The number of alkyl halides is 1.